The molecule has 0 saturated heterocycles. The molecule has 148 valence electrons. The Bertz CT molecular complexity index is 659. The number of ether oxygens (including phenoxy) is 1. The third kappa shape index (κ3) is 7.27. The summed E-state index contributed by atoms with van der Waals surface area (Å²) in [5, 5.41) is 6.84. The van der Waals surface area contributed by atoms with E-state index in [2.05, 4.69) is 10.4 Å². The molecule has 0 aliphatic rings. The molecule has 1 heterocycles. The summed E-state index contributed by atoms with van der Waals surface area (Å²) in [7, 11) is -1.14. The molecule has 26 heavy (non-hydrogen) atoms. The molecule has 0 bridgehead atoms. The van der Waals surface area contributed by atoms with Crippen molar-refractivity contribution in [2.45, 2.75) is 52.3 Å². The maximum absolute atomic E-state index is 12.6. The molecule has 0 spiro atoms. The molecule has 0 aromatic carbocycles. The predicted octanol–water partition coefficient (Wildman–Crippen LogP) is 2.39. The van der Waals surface area contributed by atoms with Gasteiger partial charge in [-0.05, 0) is 33.8 Å². The first-order chi connectivity index (χ1) is 12.0. The maximum atomic E-state index is 12.6. The highest BCUT2D eigenvalue weighted by atomic mass is 31.2. The maximum Gasteiger partial charge on any atom is 0.408 e. The molecule has 0 unspecified atom stereocenters. The highest BCUT2D eigenvalue weighted by molar-refractivity contribution is 7.54. The second-order valence-electron chi connectivity index (χ2n) is 6.67. The second kappa shape index (κ2) is 9.30. The van der Waals surface area contributed by atoms with E-state index in [0.717, 1.165) is 0 Å². The molecule has 0 fully saturated rings. The average molecular weight is 389 g/mol. The molecule has 1 amide bonds. The molecular formula is C16H28N3O6P. The van der Waals surface area contributed by atoms with Crippen LogP contribution in [-0.4, -0.2) is 53.7 Å². The summed E-state index contributed by atoms with van der Waals surface area (Å²) in [5.41, 5.74) is -0.0959. The van der Waals surface area contributed by atoms with Gasteiger partial charge in [-0.25, -0.2) is 4.79 Å². The minimum atomic E-state index is -3.55. The lowest BCUT2D eigenvalue weighted by Crippen LogP contribution is -2.45. The number of rotatable bonds is 9. The summed E-state index contributed by atoms with van der Waals surface area (Å²) in [4.78, 5) is 24.7. The summed E-state index contributed by atoms with van der Waals surface area (Å²) < 4.78 is 28.8. The van der Waals surface area contributed by atoms with Gasteiger partial charge >= 0.3 is 13.7 Å². The molecule has 9 nitrogen and oxygen atoms in total. The molecule has 0 saturated carbocycles. The third-order valence-electron chi connectivity index (χ3n) is 3.42. The Labute approximate surface area is 153 Å². The first-order valence-corrected chi connectivity index (χ1v) is 9.99. The largest absolute Gasteiger partial charge is 0.444 e. The fraction of sp³-hybridized carbons (Fsp3) is 0.688. The number of aryl methyl sites for hydroxylation is 1. The Hall–Kier alpha value is -1.70. The Kier molecular flexibility index (Phi) is 7.99. The summed E-state index contributed by atoms with van der Waals surface area (Å²) in [6, 6.07) is 0.788. The van der Waals surface area contributed by atoms with Crippen LogP contribution < -0.4 is 5.32 Å². The lowest BCUT2D eigenvalue weighted by atomic mass is 10.1. The van der Waals surface area contributed by atoms with E-state index in [1.807, 2.05) is 6.92 Å². The second-order valence-corrected chi connectivity index (χ2v) is 8.93. The standard InChI is InChI=1S/C16H28N3O6P/c1-7-19-9-8-12(18-19)10-13(17-15(21)25-16(2,3)4)14(20)11-26(22,23-5)24-6/h8-9,13H,7,10-11H2,1-6H3,(H,17,21)/t13-/m0/s1. The fourth-order valence-corrected chi connectivity index (χ4v) is 3.11. The van der Waals surface area contributed by atoms with Gasteiger partial charge in [-0.2, -0.15) is 5.10 Å². The zero-order chi connectivity index (χ0) is 20.0. The van der Waals surface area contributed by atoms with Crippen molar-refractivity contribution in [1.82, 2.24) is 15.1 Å². The Balaban J connectivity index is 2.94. The number of Topliss-reactive ketones (excluding diaryl/α,β-unsaturated/α-hetero) is 1. The van der Waals surface area contributed by atoms with Crippen LogP contribution in [0.25, 0.3) is 0 Å². The smallest absolute Gasteiger partial charge is 0.408 e. The molecule has 0 aliphatic heterocycles. The van der Waals surface area contributed by atoms with Gasteiger partial charge in [0.05, 0.1) is 11.7 Å². The van der Waals surface area contributed by atoms with Crippen LogP contribution in [0.15, 0.2) is 12.3 Å². The Morgan fingerprint density at radius 1 is 1.31 bits per heavy atom. The van der Waals surface area contributed by atoms with Crippen LogP contribution in [0.4, 0.5) is 4.79 Å². The lowest BCUT2D eigenvalue weighted by molar-refractivity contribution is -0.119. The molecule has 1 aromatic rings. The van der Waals surface area contributed by atoms with E-state index in [-0.39, 0.29) is 6.42 Å². The number of carbonyl (C=O) groups excluding carboxylic acids is 2. The van der Waals surface area contributed by atoms with E-state index in [9.17, 15) is 14.2 Å². The molecule has 1 atom stereocenters. The number of aromatic nitrogens is 2. The summed E-state index contributed by atoms with van der Waals surface area (Å²) in [5.74, 6) is -0.492. The van der Waals surface area contributed by atoms with Gasteiger partial charge in [0.15, 0.2) is 5.78 Å². The van der Waals surface area contributed by atoms with Crippen LogP contribution in [0.1, 0.15) is 33.4 Å². The van der Waals surface area contributed by atoms with Crippen LogP contribution in [-0.2, 0) is 36.1 Å². The van der Waals surface area contributed by atoms with Crippen molar-refractivity contribution < 1.29 is 27.9 Å². The van der Waals surface area contributed by atoms with E-state index in [4.69, 9.17) is 13.8 Å². The number of carbonyl (C=O) groups is 2. The van der Waals surface area contributed by atoms with Crippen molar-refractivity contribution in [3.63, 3.8) is 0 Å². The van der Waals surface area contributed by atoms with Gasteiger partial charge in [0, 0.05) is 33.4 Å². The zero-order valence-electron chi connectivity index (χ0n) is 16.1. The number of amides is 1. The topological polar surface area (TPSA) is 109 Å². The van der Waals surface area contributed by atoms with Crippen LogP contribution in [0.5, 0.6) is 0 Å². The summed E-state index contributed by atoms with van der Waals surface area (Å²) in [6.07, 6.45) is 0.711. The molecule has 1 N–H and O–H groups in total. The monoisotopic (exact) mass is 389 g/mol. The van der Waals surface area contributed by atoms with Crippen LogP contribution in [0, 0.1) is 0 Å². The van der Waals surface area contributed by atoms with E-state index in [0.29, 0.717) is 12.2 Å². The minimum Gasteiger partial charge on any atom is -0.444 e. The Morgan fingerprint density at radius 3 is 2.38 bits per heavy atom. The van der Waals surface area contributed by atoms with Gasteiger partial charge in [-0.1, -0.05) is 0 Å². The van der Waals surface area contributed by atoms with Gasteiger partial charge < -0.3 is 19.1 Å². The highest BCUT2D eigenvalue weighted by Crippen LogP contribution is 2.46. The van der Waals surface area contributed by atoms with Gasteiger partial charge in [0.2, 0.25) is 0 Å². The Morgan fingerprint density at radius 2 is 1.92 bits per heavy atom. The van der Waals surface area contributed by atoms with Crippen molar-refractivity contribution in [3.05, 3.63) is 18.0 Å². The molecule has 10 heteroatoms. The van der Waals surface area contributed by atoms with Crippen molar-refractivity contribution in [2.24, 2.45) is 0 Å². The molecule has 0 aliphatic carbocycles. The average Bonchev–Trinajstić information content (AvgIpc) is 3.00. The van der Waals surface area contributed by atoms with Crippen LogP contribution in [0.2, 0.25) is 0 Å². The number of hydrogen-bond acceptors (Lipinski definition) is 7. The molecule has 1 aromatic heterocycles. The molecular weight excluding hydrogens is 361 g/mol. The van der Waals surface area contributed by atoms with Crippen LogP contribution in [0.3, 0.4) is 0 Å². The van der Waals surface area contributed by atoms with Gasteiger partial charge in [0.1, 0.15) is 11.8 Å². The highest BCUT2D eigenvalue weighted by Gasteiger charge is 2.32. The lowest BCUT2D eigenvalue weighted by Gasteiger charge is -2.23. The third-order valence-corrected chi connectivity index (χ3v) is 5.23. The van der Waals surface area contributed by atoms with E-state index in [1.165, 1.54) is 14.2 Å². The number of alkyl carbamates (subject to hydrolysis) is 1. The van der Waals surface area contributed by atoms with Crippen molar-refractivity contribution in [1.29, 1.82) is 0 Å². The van der Waals surface area contributed by atoms with Gasteiger partial charge in [-0.15, -0.1) is 0 Å². The van der Waals surface area contributed by atoms with Gasteiger partial charge in [-0.3, -0.25) is 14.0 Å². The quantitative estimate of drug-likeness (QED) is 0.646. The van der Waals surface area contributed by atoms with Crippen molar-refractivity contribution >= 4 is 19.5 Å². The minimum absolute atomic E-state index is 0.137. The number of ketones is 1. The predicted molar refractivity (Wildman–Crippen MR) is 96.3 cm³/mol. The first kappa shape index (κ1) is 22.3. The van der Waals surface area contributed by atoms with Crippen molar-refractivity contribution in [2.75, 3.05) is 20.4 Å². The van der Waals surface area contributed by atoms with Crippen LogP contribution >= 0.6 is 7.60 Å². The van der Waals surface area contributed by atoms with Gasteiger partial charge in [0.25, 0.3) is 0 Å². The fourth-order valence-electron chi connectivity index (χ4n) is 2.10. The number of hydrogen-bond donors (Lipinski definition) is 1. The zero-order valence-corrected chi connectivity index (χ0v) is 17.0. The number of nitrogens with one attached hydrogen (secondary N) is 1. The normalized spacial score (nSPS) is 13.3. The first-order valence-electron chi connectivity index (χ1n) is 8.27. The van der Waals surface area contributed by atoms with E-state index in [1.54, 1.807) is 37.7 Å². The molecule has 1 rings (SSSR count). The summed E-state index contributed by atoms with van der Waals surface area (Å²) in [6.45, 7) is 7.77. The van der Waals surface area contributed by atoms with E-state index < -0.39 is 37.3 Å². The molecule has 0 radical (unpaired) electrons. The summed E-state index contributed by atoms with van der Waals surface area (Å²) >= 11 is 0. The van der Waals surface area contributed by atoms with Crippen molar-refractivity contribution in [3.8, 4) is 0 Å². The SMILES string of the molecule is CCn1ccc(C[C@H](NC(=O)OC(C)(C)C)C(=O)CP(=O)(OC)OC)n1. The van der Waals surface area contributed by atoms with E-state index >= 15 is 0 Å². The number of nitrogens with zero attached hydrogens (tertiary/aromatic N) is 2.